The topological polar surface area (TPSA) is 69.0 Å². The number of fused-ring (bicyclic) bond motifs is 1. The summed E-state index contributed by atoms with van der Waals surface area (Å²) in [4.78, 5) is 18.1. The molecule has 1 N–H and O–H groups in total. The van der Waals surface area contributed by atoms with Gasteiger partial charge in [-0.3, -0.25) is 4.79 Å². The number of hydrogen-bond acceptors (Lipinski definition) is 4. The van der Waals surface area contributed by atoms with Gasteiger partial charge in [0.05, 0.1) is 34.3 Å². The Balaban J connectivity index is 1.80. The lowest BCUT2D eigenvalue weighted by Crippen LogP contribution is -2.23. The van der Waals surface area contributed by atoms with E-state index in [1.165, 1.54) is 0 Å². The van der Waals surface area contributed by atoms with Crippen molar-refractivity contribution in [2.75, 3.05) is 12.4 Å². The number of rotatable bonds is 4. The van der Waals surface area contributed by atoms with Gasteiger partial charge in [0.2, 0.25) is 0 Å². The van der Waals surface area contributed by atoms with Crippen LogP contribution >= 0.6 is 11.6 Å². The van der Waals surface area contributed by atoms with Gasteiger partial charge < -0.3 is 10.1 Å². The van der Waals surface area contributed by atoms with E-state index in [4.69, 9.17) is 26.4 Å². The number of hydrogen-bond donors (Lipinski definition) is 1. The predicted molar refractivity (Wildman–Crippen MR) is 115 cm³/mol. The van der Waals surface area contributed by atoms with Gasteiger partial charge in [-0.2, -0.15) is 5.10 Å². The van der Waals surface area contributed by atoms with Gasteiger partial charge in [0.15, 0.2) is 5.65 Å². The van der Waals surface area contributed by atoms with Crippen LogP contribution in [0.15, 0.2) is 24.3 Å². The number of carbonyl (C=O) groups is 1. The second-order valence-electron chi connectivity index (χ2n) is 8.54. The van der Waals surface area contributed by atoms with Crippen LogP contribution in [0.5, 0.6) is 5.75 Å². The SMILES string of the molecule is COc1ccc(NC(=O)c2cc(C3CC3)nc3c2c(C)nn3C(C)(C)C)cc1Cl. The summed E-state index contributed by atoms with van der Waals surface area (Å²) in [6, 6.07) is 7.11. The summed E-state index contributed by atoms with van der Waals surface area (Å²) in [6.07, 6.45) is 2.21. The zero-order chi connectivity index (χ0) is 20.9. The molecule has 2 heterocycles. The molecule has 29 heavy (non-hydrogen) atoms. The molecule has 152 valence electrons. The third-order valence-electron chi connectivity index (χ3n) is 5.12. The van der Waals surface area contributed by atoms with Gasteiger partial charge in [-0.05, 0) is 64.8 Å². The van der Waals surface area contributed by atoms with Gasteiger partial charge in [0.25, 0.3) is 5.91 Å². The molecule has 0 atom stereocenters. The van der Waals surface area contributed by atoms with Crippen LogP contribution < -0.4 is 10.1 Å². The van der Waals surface area contributed by atoms with E-state index in [1.54, 1.807) is 25.3 Å². The first kappa shape index (κ1) is 19.7. The molecule has 0 unspecified atom stereocenters. The lowest BCUT2D eigenvalue weighted by molar-refractivity contribution is 0.102. The van der Waals surface area contributed by atoms with Crippen LogP contribution in [0.25, 0.3) is 11.0 Å². The Labute approximate surface area is 175 Å². The Bertz CT molecular complexity index is 1110. The molecule has 1 amide bonds. The number of amides is 1. The molecule has 3 aromatic rings. The fourth-order valence-corrected chi connectivity index (χ4v) is 3.74. The van der Waals surface area contributed by atoms with Crippen LogP contribution in [0, 0.1) is 6.92 Å². The summed E-state index contributed by atoms with van der Waals surface area (Å²) < 4.78 is 7.10. The number of aryl methyl sites for hydroxylation is 1. The van der Waals surface area contributed by atoms with E-state index < -0.39 is 0 Å². The molecule has 6 nitrogen and oxygen atoms in total. The second kappa shape index (κ2) is 7.02. The zero-order valence-corrected chi connectivity index (χ0v) is 18.1. The van der Waals surface area contributed by atoms with Gasteiger partial charge >= 0.3 is 0 Å². The lowest BCUT2D eigenvalue weighted by Gasteiger charge is -2.20. The second-order valence-corrected chi connectivity index (χ2v) is 8.95. The number of anilines is 1. The molecule has 1 aliphatic rings. The standard InChI is InChI=1S/C22H25ClN4O2/c1-12-19-15(21(28)24-14-8-9-18(29-5)16(23)10-14)11-17(13-6-7-13)25-20(19)27(26-12)22(2,3)4/h8-11,13H,6-7H2,1-5H3,(H,24,28). The Morgan fingerprint density at radius 1 is 1.28 bits per heavy atom. The number of halogens is 1. The highest BCUT2D eigenvalue weighted by Gasteiger charge is 2.30. The highest BCUT2D eigenvalue weighted by atomic mass is 35.5. The normalized spacial score (nSPS) is 14.3. The minimum Gasteiger partial charge on any atom is -0.495 e. The number of ether oxygens (including phenoxy) is 1. The molecule has 0 bridgehead atoms. The largest absolute Gasteiger partial charge is 0.495 e. The van der Waals surface area contributed by atoms with Crippen molar-refractivity contribution >= 4 is 34.2 Å². The van der Waals surface area contributed by atoms with E-state index in [0.29, 0.717) is 27.9 Å². The molecule has 1 saturated carbocycles. The molecule has 2 aromatic heterocycles. The van der Waals surface area contributed by atoms with Crippen LogP contribution in [-0.2, 0) is 5.54 Å². The molecule has 1 aliphatic carbocycles. The highest BCUT2D eigenvalue weighted by Crippen LogP contribution is 2.41. The summed E-state index contributed by atoms with van der Waals surface area (Å²) >= 11 is 6.21. The molecule has 1 aromatic carbocycles. The van der Waals surface area contributed by atoms with Crippen molar-refractivity contribution in [2.45, 2.75) is 52.0 Å². The Morgan fingerprint density at radius 2 is 2.00 bits per heavy atom. The van der Waals surface area contributed by atoms with Crippen molar-refractivity contribution in [3.8, 4) is 5.75 Å². The van der Waals surface area contributed by atoms with Crippen LogP contribution in [0.4, 0.5) is 5.69 Å². The van der Waals surface area contributed by atoms with E-state index in [-0.39, 0.29) is 11.4 Å². The molecule has 0 aliphatic heterocycles. The van der Waals surface area contributed by atoms with Crippen LogP contribution in [0.1, 0.15) is 61.3 Å². The van der Waals surface area contributed by atoms with E-state index in [1.807, 2.05) is 17.7 Å². The molecule has 0 radical (unpaired) electrons. The minimum atomic E-state index is -0.237. The third kappa shape index (κ3) is 3.69. The van der Waals surface area contributed by atoms with Crippen LogP contribution in [-0.4, -0.2) is 27.8 Å². The number of aromatic nitrogens is 3. The third-order valence-corrected chi connectivity index (χ3v) is 5.41. The summed E-state index contributed by atoms with van der Waals surface area (Å²) in [5.41, 5.74) is 3.48. The fourth-order valence-electron chi connectivity index (χ4n) is 3.49. The summed E-state index contributed by atoms with van der Waals surface area (Å²) in [7, 11) is 1.56. The van der Waals surface area contributed by atoms with Crippen molar-refractivity contribution in [1.29, 1.82) is 0 Å². The average Bonchev–Trinajstić information content (AvgIpc) is 3.44. The number of benzene rings is 1. The van der Waals surface area contributed by atoms with Crippen molar-refractivity contribution in [2.24, 2.45) is 0 Å². The molecule has 1 fully saturated rings. The maximum absolute atomic E-state index is 13.2. The average molecular weight is 413 g/mol. The fraction of sp³-hybridized carbons (Fsp3) is 0.409. The molecule has 4 rings (SSSR count). The number of methoxy groups -OCH3 is 1. The molecule has 7 heteroatoms. The van der Waals surface area contributed by atoms with Gasteiger partial charge in [-0.1, -0.05) is 11.6 Å². The number of nitrogens with zero attached hydrogens (tertiary/aromatic N) is 3. The smallest absolute Gasteiger partial charge is 0.256 e. The molecule has 0 saturated heterocycles. The van der Waals surface area contributed by atoms with E-state index in [0.717, 1.165) is 35.3 Å². The Hall–Kier alpha value is -2.60. The Morgan fingerprint density at radius 3 is 2.59 bits per heavy atom. The summed E-state index contributed by atoms with van der Waals surface area (Å²) in [6.45, 7) is 8.18. The van der Waals surface area contributed by atoms with E-state index in [9.17, 15) is 4.79 Å². The molecular formula is C22H25ClN4O2. The maximum atomic E-state index is 13.2. The van der Waals surface area contributed by atoms with Gasteiger partial charge in [0.1, 0.15) is 5.75 Å². The molecular weight excluding hydrogens is 388 g/mol. The zero-order valence-electron chi connectivity index (χ0n) is 17.3. The number of nitrogens with one attached hydrogen (secondary N) is 1. The molecule has 0 spiro atoms. The predicted octanol–water partition coefficient (Wildman–Crippen LogP) is 5.29. The maximum Gasteiger partial charge on any atom is 0.256 e. The van der Waals surface area contributed by atoms with Gasteiger partial charge in [-0.25, -0.2) is 9.67 Å². The quantitative estimate of drug-likeness (QED) is 0.632. The summed E-state index contributed by atoms with van der Waals surface area (Å²) in [5, 5.41) is 8.90. The summed E-state index contributed by atoms with van der Waals surface area (Å²) in [5.74, 6) is 0.788. The van der Waals surface area contributed by atoms with Crippen molar-refractivity contribution < 1.29 is 9.53 Å². The number of pyridine rings is 1. The minimum absolute atomic E-state index is 0.197. The van der Waals surface area contributed by atoms with Crippen molar-refractivity contribution in [3.05, 3.63) is 46.2 Å². The van der Waals surface area contributed by atoms with Crippen molar-refractivity contribution in [3.63, 3.8) is 0 Å². The Kier molecular flexibility index (Phi) is 4.77. The first-order valence-corrected chi connectivity index (χ1v) is 10.1. The first-order valence-electron chi connectivity index (χ1n) is 9.74. The van der Waals surface area contributed by atoms with Gasteiger partial charge in [-0.15, -0.1) is 0 Å². The highest BCUT2D eigenvalue weighted by molar-refractivity contribution is 6.32. The van der Waals surface area contributed by atoms with Crippen LogP contribution in [0.2, 0.25) is 5.02 Å². The lowest BCUT2D eigenvalue weighted by atomic mass is 10.1. The van der Waals surface area contributed by atoms with Gasteiger partial charge in [0, 0.05) is 17.3 Å². The van der Waals surface area contributed by atoms with E-state index in [2.05, 4.69) is 26.1 Å². The van der Waals surface area contributed by atoms with E-state index >= 15 is 0 Å². The monoisotopic (exact) mass is 412 g/mol. The van der Waals surface area contributed by atoms with Crippen molar-refractivity contribution in [1.82, 2.24) is 14.8 Å². The number of carbonyl (C=O) groups excluding carboxylic acids is 1. The first-order chi connectivity index (χ1) is 13.7. The van der Waals surface area contributed by atoms with Crippen LogP contribution in [0.3, 0.4) is 0 Å².